The molecule has 1 aliphatic heterocycles. The number of anilines is 2. The van der Waals surface area contributed by atoms with Crippen LogP contribution in [-0.4, -0.2) is 57.6 Å². The minimum atomic E-state index is -4.32. The molecule has 0 radical (unpaired) electrons. The standard InChI is InChI=1S/C22H25F3N6O2/c1-13-7-19(29-21-17(13)12-30(2)11-15(33-21)8-22(23,24)25)27-18-6-5-16(20(28-18)32-4)14-9-26-31(3)10-14/h5-7,9-10,15H,8,11-12H2,1-4H3,(H,27,28,29). The van der Waals surface area contributed by atoms with E-state index in [0.29, 0.717) is 24.1 Å². The Morgan fingerprint density at radius 1 is 1.21 bits per heavy atom. The van der Waals surface area contributed by atoms with Crippen LogP contribution in [0.15, 0.2) is 30.6 Å². The molecule has 1 atom stereocenters. The molecule has 3 aromatic rings. The van der Waals surface area contributed by atoms with Crippen molar-refractivity contribution in [3.8, 4) is 22.9 Å². The number of fused-ring (bicyclic) bond motifs is 1. The van der Waals surface area contributed by atoms with Crippen molar-refractivity contribution in [1.29, 1.82) is 0 Å². The van der Waals surface area contributed by atoms with Crippen LogP contribution in [0.5, 0.6) is 11.8 Å². The van der Waals surface area contributed by atoms with Gasteiger partial charge in [-0.2, -0.15) is 28.2 Å². The topological polar surface area (TPSA) is 77.3 Å². The lowest BCUT2D eigenvalue weighted by atomic mass is 10.1. The van der Waals surface area contributed by atoms with E-state index in [9.17, 15) is 13.2 Å². The summed E-state index contributed by atoms with van der Waals surface area (Å²) < 4.78 is 51.8. The molecule has 1 aliphatic rings. The predicted molar refractivity (Wildman–Crippen MR) is 117 cm³/mol. The van der Waals surface area contributed by atoms with Crippen molar-refractivity contribution in [2.45, 2.75) is 32.2 Å². The average molecular weight is 462 g/mol. The minimum Gasteiger partial charge on any atom is -0.480 e. The largest absolute Gasteiger partial charge is 0.480 e. The first-order valence-electron chi connectivity index (χ1n) is 10.3. The number of hydrogen-bond acceptors (Lipinski definition) is 7. The first-order chi connectivity index (χ1) is 15.6. The van der Waals surface area contributed by atoms with Gasteiger partial charge in [-0.25, -0.2) is 0 Å². The summed E-state index contributed by atoms with van der Waals surface area (Å²) in [4.78, 5) is 10.8. The number of halogens is 3. The maximum atomic E-state index is 13.0. The zero-order chi connectivity index (χ0) is 23.8. The molecule has 0 amide bonds. The lowest BCUT2D eigenvalue weighted by Gasteiger charge is -2.21. The molecule has 1 N–H and O–H groups in total. The van der Waals surface area contributed by atoms with Crippen molar-refractivity contribution in [2.75, 3.05) is 26.0 Å². The Bertz CT molecular complexity index is 1150. The molecule has 11 heteroatoms. The Kier molecular flexibility index (Phi) is 6.15. The monoisotopic (exact) mass is 462 g/mol. The van der Waals surface area contributed by atoms with Crippen molar-refractivity contribution in [3.63, 3.8) is 0 Å². The number of nitrogens with one attached hydrogen (secondary N) is 1. The fourth-order valence-corrected chi connectivity index (χ4v) is 3.84. The Balaban J connectivity index is 1.61. The van der Waals surface area contributed by atoms with E-state index in [2.05, 4.69) is 20.4 Å². The number of likely N-dealkylation sites (N-methyl/N-ethyl adjacent to an activating group) is 1. The van der Waals surface area contributed by atoms with E-state index < -0.39 is 18.7 Å². The van der Waals surface area contributed by atoms with Gasteiger partial charge in [-0.3, -0.25) is 9.58 Å². The van der Waals surface area contributed by atoms with Crippen molar-refractivity contribution in [3.05, 3.63) is 41.7 Å². The maximum absolute atomic E-state index is 13.0. The first-order valence-corrected chi connectivity index (χ1v) is 10.3. The number of rotatable bonds is 5. The number of aryl methyl sites for hydroxylation is 2. The van der Waals surface area contributed by atoms with E-state index in [0.717, 1.165) is 22.3 Å². The number of pyridine rings is 2. The number of hydrogen-bond donors (Lipinski definition) is 1. The van der Waals surface area contributed by atoms with E-state index in [1.165, 1.54) is 7.11 Å². The fraction of sp³-hybridized carbons (Fsp3) is 0.409. The summed E-state index contributed by atoms with van der Waals surface area (Å²) in [5.41, 5.74) is 3.27. The van der Waals surface area contributed by atoms with E-state index in [-0.39, 0.29) is 12.4 Å². The van der Waals surface area contributed by atoms with Crippen LogP contribution in [0.4, 0.5) is 24.8 Å². The highest BCUT2D eigenvalue weighted by atomic mass is 19.4. The summed E-state index contributed by atoms with van der Waals surface area (Å²) in [5, 5.41) is 7.28. The van der Waals surface area contributed by atoms with Crippen LogP contribution < -0.4 is 14.8 Å². The molecule has 0 aromatic carbocycles. The lowest BCUT2D eigenvalue weighted by molar-refractivity contribution is -0.151. The normalized spacial score (nSPS) is 16.6. The zero-order valence-corrected chi connectivity index (χ0v) is 18.8. The van der Waals surface area contributed by atoms with Gasteiger partial charge in [0.15, 0.2) is 0 Å². The van der Waals surface area contributed by atoms with Crippen LogP contribution >= 0.6 is 0 Å². The molecule has 0 saturated carbocycles. The quantitative estimate of drug-likeness (QED) is 0.612. The van der Waals surface area contributed by atoms with Crippen molar-refractivity contribution >= 4 is 11.6 Å². The fourth-order valence-electron chi connectivity index (χ4n) is 3.84. The Labute approximate surface area is 189 Å². The summed E-state index contributed by atoms with van der Waals surface area (Å²) >= 11 is 0. The molecular weight excluding hydrogens is 437 g/mol. The molecule has 4 heterocycles. The molecule has 176 valence electrons. The Morgan fingerprint density at radius 3 is 2.67 bits per heavy atom. The van der Waals surface area contributed by atoms with Crippen LogP contribution in [0.1, 0.15) is 17.5 Å². The number of aromatic nitrogens is 4. The molecule has 3 aromatic heterocycles. The second kappa shape index (κ2) is 8.89. The summed E-state index contributed by atoms with van der Waals surface area (Å²) in [7, 11) is 5.13. The third kappa shape index (κ3) is 5.36. The third-order valence-electron chi connectivity index (χ3n) is 5.32. The smallest absolute Gasteiger partial charge is 0.392 e. The van der Waals surface area contributed by atoms with E-state index in [1.807, 2.05) is 37.2 Å². The zero-order valence-electron chi connectivity index (χ0n) is 18.8. The SMILES string of the molecule is COc1nc(Nc2cc(C)c3c(n2)OC(CC(F)(F)F)CN(C)C3)ccc1-c1cnn(C)c1. The number of methoxy groups -OCH3 is 1. The second-order valence-electron chi connectivity index (χ2n) is 8.15. The molecule has 0 fully saturated rings. The molecule has 33 heavy (non-hydrogen) atoms. The highest BCUT2D eigenvalue weighted by Gasteiger charge is 2.35. The van der Waals surface area contributed by atoms with E-state index in [1.54, 1.807) is 24.0 Å². The van der Waals surface area contributed by atoms with Crippen LogP contribution in [-0.2, 0) is 13.6 Å². The van der Waals surface area contributed by atoms with Gasteiger partial charge in [0.25, 0.3) is 0 Å². The molecule has 0 spiro atoms. The molecule has 0 saturated heterocycles. The van der Waals surface area contributed by atoms with Gasteiger partial charge in [-0.15, -0.1) is 0 Å². The van der Waals surface area contributed by atoms with Gasteiger partial charge < -0.3 is 14.8 Å². The summed E-state index contributed by atoms with van der Waals surface area (Å²) in [5.74, 6) is 1.51. The summed E-state index contributed by atoms with van der Waals surface area (Å²) in [6.07, 6.45) is -2.82. The van der Waals surface area contributed by atoms with E-state index in [4.69, 9.17) is 9.47 Å². The maximum Gasteiger partial charge on any atom is 0.392 e. The lowest BCUT2D eigenvalue weighted by Crippen LogP contribution is -2.34. The van der Waals surface area contributed by atoms with Crippen LogP contribution in [0.2, 0.25) is 0 Å². The minimum absolute atomic E-state index is 0.159. The van der Waals surface area contributed by atoms with Crippen LogP contribution in [0.25, 0.3) is 11.1 Å². The van der Waals surface area contributed by atoms with Crippen LogP contribution in [0, 0.1) is 6.92 Å². The highest BCUT2D eigenvalue weighted by molar-refractivity contribution is 5.70. The van der Waals surface area contributed by atoms with Gasteiger partial charge in [0, 0.05) is 43.0 Å². The molecule has 8 nitrogen and oxygen atoms in total. The molecular formula is C22H25F3N6O2. The molecule has 1 unspecified atom stereocenters. The predicted octanol–water partition coefficient (Wildman–Crippen LogP) is 4.08. The summed E-state index contributed by atoms with van der Waals surface area (Å²) in [6, 6.07) is 5.45. The van der Waals surface area contributed by atoms with Gasteiger partial charge in [0.05, 0.1) is 19.7 Å². The molecule has 4 rings (SSSR count). The average Bonchev–Trinajstić information content (AvgIpc) is 3.08. The van der Waals surface area contributed by atoms with Gasteiger partial charge in [0.1, 0.15) is 17.7 Å². The van der Waals surface area contributed by atoms with E-state index >= 15 is 0 Å². The van der Waals surface area contributed by atoms with Crippen molar-refractivity contribution < 1.29 is 22.6 Å². The van der Waals surface area contributed by atoms with Crippen LogP contribution in [0.3, 0.4) is 0 Å². The highest BCUT2D eigenvalue weighted by Crippen LogP contribution is 2.33. The van der Waals surface area contributed by atoms with Gasteiger partial charge in [0.2, 0.25) is 11.8 Å². The number of nitrogens with zero attached hydrogens (tertiary/aromatic N) is 5. The van der Waals surface area contributed by atoms with Gasteiger partial charge in [-0.1, -0.05) is 0 Å². The van der Waals surface area contributed by atoms with Gasteiger partial charge in [-0.05, 0) is 37.7 Å². The van der Waals surface area contributed by atoms with Crippen molar-refractivity contribution in [1.82, 2.24) is 24.6 Å². The first kappa shape index (κ1) is 22.8. The number of ether oxygens (including phenoxy) is 2. The number of alkyl halides is 3. The molecule has 0 aliphatic carbocycles. The van der Waals surface area contributed by atoms with Crippen molar-refractivity contribution in [2.24, 2.45) is 7.05 Å². The Morgan fingerprint density at radius 2 is 2.00 bits per heavy atom. The molecule has 0 bridgehead atoms. The Hall–Kier alpha value is -3.34. The second-order valence-corrected chi connectivity index (χ2v) is 8.15. The summed E-state index contributed by atoms with van der Waals surface area (Å²) in [6.45, 7) is 2.49. The van der Waals surface area contributed by atoms with Gasteiger partial charge >= 0.3 is 6.18 Å². The third-order valence-corrected chi connectivity index (χ3v) is 5.32.